The van der Waals surface area contributed by atoms with Gasteiger partial charge in [0, 0.05) is 23.4 Å². The first kappa shape index (κ1) is 14.8. The Bertz CT molecular complexity index is 959. The Labute approximate surface area is 132 Å². The van der Waals surface area contributed by atoms with E-state index in [2.05, 4.69) is 0 Å². The number of methoxy groups -OCH3 is 1. The second-order valence-corrected chi connectivity index (χ2v) is 5.23. The Morgan fingerprint density at radius 3 is 2.39 bits per heavy atom. The Morgan fingerprint density at radius 2 is 1.78 bits per heavy atom. The highest BCUT2D eigenvalue weighted by molar-refractivity contribution is 6.08. The highest BCUT2D eigenvalue weighted by Crippen LogP contribution is 2.32. The van der Waals surface area contributed by atoms with Crippen molar-refractivity contribution in [3.05, 3.63) is 64.6 Å². The van der Waals surface area contributed by atoms with Crippen LogP contribution in [0.15, 0.2) is 53.3 Å². The maximum Gasteiger partial charge on any atom is 0.266 e. The van der Waals surface area contributed by atoms with Crippen LogP contribution in [0, 0.1) is 0 Å². The zero-order valence-electron chi connectivity index (χ0n) is 12.9. The molecule has 5 heteroatoms. The van der Waals surface area contributed by atoms with Gasteiger partial charge in [0.1, 0.15) is 11.4 Å². The third kappa shape index (κ3) is 2.36. The van der Waals surface area contributed by atoms with E-state index in [1.54, 1.807) is 32.4 Å². The van der Waals surface area contributed by atoms with Crippen LogP contribution in [0.2, 0.25) is 0 Å². The Balaban J connectivity index is 2.56. The molecule has 3 aromatic rings. The molecule has 1 aromatic heterocycles. The summed E-state index contributed by atoms with van der Waals surface area (Å²) in [5, 5.41) is 1.16. The van der Waals surface area contributed by atoms with Crippen LogP contribution < -0.4 is 16.0 Å². The number of rotatable bonds is 3. The van der Waals surface area contributed by atoms with Crippen LogP contribution in [0.5, 0.6) is 5.75 Å². The van der Waals surface area contributed by atoms with Gasteiger partial charge in [0.15, 0.2) is 0 Å². The van der Waals surface area contributed by atoms with Gasteiger partial charge in [0.2, 0.25) is 0 Å². The molecule has 0 saturated heterocycles. The summed E-state index contributed by atoms with van der Waals surface area (Å²) < 4.78 is 6.56. The van der Waals surface area contributed by atoms with Gasteiger partial charge in [0.05, 0.1) is 7.11 Å². The van der Waals surface area contributed by atoms with E-state index in [0.29, 0.717) is 22.1 Å². The molecule has 23 heavy (non-hydrogen) atoms. The highest BCUT2D eigenvalue weighted by Gasteiger charge is 2.20. The summed E-state index contributed by atoms with van der Waals surface area (Å²) in [6, 6.07) is 14.6. The first-order valence-corrected chi connectivity index (χ1v) is 7.10. The fourth-order valence-electron chi connectivity index (χ4n) is 2.81. The predicted octanol–water partition coefficient (Wildman–Crippen LogP) is 2.31. The van der Waals surface area contributed by atoms with Gasteiger partial charge in [-0.15, -0.1) is 0 Å². The Hall–Kier alpha value is -3.08. The van der Waals surface area contributed by atoms with E-state index in [1.807, 2.05) is 30.3 Å². The zero-order chi connectivity index (χ0) is 16.6. The highest BCUT2D eigenvalue weighted by atomic mass is 16.5. The van der Waals surface area contributed by atoms with Crippen molar-refractivity contribution in [2.75, 3.05) is 7.11 Å². The maximum atomic E-state index is 12.6. The summed E-state index contributed by atoms with van der Waals surface area (Å²) in [5.41, 5.74) is 6.92. The molecular formula is C18H16N2O3. The zero-order valence-corrected chi connectivity index (χ0v) is 12.9. The number of hydrogen-bond donors (Lipinski definition) is 1. The normalized spacial score (nSPS) is 10.7. The van der Waals surface area contributed by atoms with E-state index in [1.165, 1.54) is 4.57 Å². The monoisotopic (exact) mass is 308 g/mol. The number of carbonyl (C=O) groups excluding carboxylic acids is 1. The second kappa shape index (κ2) is 5.61. The molecule has 0 fully saturated rings. The fourth-order valence-corrected chi connectivity index (χ4v) is 2.81. The second-order valence-electron chi connectivity index (χ2n) is 5.23. The van der Waals surface area contributed by atoms with Crippen LogP contribution in [0.3, 0.4) is 0 Å². The van der Waals surface area contributed by atoms with Crippen molar-refractivity contribution in [3.8, 4) is 16.9 Å². The smallest absolute Gasteiger partial charge is 0.266 e. The van der Waals surface area contributed by atoms with Crippen LogP contribution in [-0.2, 0) is 7.05 Å². The molecule has 5 nitrogen and oxygen atoms in total. The SMILES string of the molecule is COc1ccc2c(=O)n(C)c(C(N)=O)c(-c3ccccc3)c2c1. The minimum Gasteiger partial charge on any atom is -0.497 e. The average Bonchev–Trinajstić information content (AvgIpc) is 2.57. The van der Waals surface area contributed by atoms with Crippen molar-refractivity contribution in [2.24, 2.45) is 12.8 Å². The van der Waals surface area contributed by atoms with E-state index in [9.17, 15) is 9.59 Å². The van der Waals surface area contributed by atoms with Crippen molar-refractivity contribution in [3.63, 3.8) is 0 Å². The number of nitrogens with zero attached hydrogens (tertiary/aromatic N) is 1. The minimum atomic E-state index is -0.645. The standard InChI is InChI=1S/C18H16N2O3/c1-20-16(17(19)21)15(11-6-4-3-5-7-11)14-10-12(23-2)8-9-13(14)18(20)22/h3-10H,1-2H3,(H2,19,21). The maximum absolute atomic E-state index is 12.6. The predicted molar refractivity (Wildman–Crippen MR) is 89.7 cm³/mol. The van der Waals surface area contributed by atoms with Crippen molar-refractivity contribution in [1.29, 1.82) is 0 Å². The topological polar surface area (TPSA) is 74.3 Å². The summed E-state index contributed by atoms with van der Waals surface area (Å²) in [4.78, 5) is 24.5. The molecule has 0 unspecified atom stereocenters. The molecule has 116 valence electrons. The summed E-state index contributed by atoms with van der Waals surface area (Å²) in [6.45, 7) is 0. The van der Waals surface area contributed by atoms with Gasteiger partial charge in [-0.25, -0.2) is 0 Å². The molecule has 0 aliphatic rings. The lowest BCUT2D eigenvalue weighted by Gasteiger charge is -2.16. The largest absolute Gasteiger partial charge is 0.497 e. The Kier molecular flexibility index (Phi) is 3.62. The van der Waals surface area contributed by atoms with Crippen LogP contribution in [0.25, 0.3) is 21.9 Å². The lowest BCUT2D eigenvalue weighted by Crippen LogP contribution is -2.28. The lowest BCUT2D eigenvalue weighted by molar-refractivity contribution is 0.0992. The van der Waals surface area contributed by atoms with E-state index in [0.717, 1.165) is 5.56 Å². The quantitative estimate of drug-likeness (QED) is 0.807. The molecule has 2 N–H and O–H groups in total. The number of pyridine rings is 1. The third-order valence-corrected chi connectivity index (χ3v) is 3.90. The van der Waals surface area contributed by atoms with Gasteiger partial charge in [-0.05, 0) is 23.8 Å². The molecular weight excluding hydrogens is 292 g/mol. The molecule has 0 aliphatic heterocycles. The van der Waals surface area contributed by atoms with Crippen molar-refractivity contribution >= 4 is 16.7 Å². The van der Waals surface area contributed by atoms with Crippen molar-refractivity contribution in [2.45, 2.75) is 0 Å². The lowest BCUT2D eigenvalue weighted by atomic mass is 9.96. The van der Waals surface area contributed by atoms with Crippen molar-refractivity contribution < 1.29 is 9.53 Å². The van der Waals surface area contributed by atoms with Crippen LogP contribution in [0.1, 0.15) is 10.5 Å². The van der Waals surface area contributed by atoms with Crippen molar-refractivity contribution in [1.82, 2.24) is 4.57 Å². The van der Waals surface area contributed by atoms with E-state index < -0.39 is 5.91 Å². The number of hydrogen-bond acceptors (Lipinski definition) is 3. The number of nitrogens with two attached hydrogens (primary N) is 1. The van der Waals surface area contributed by atoms with Gasteiger partial charge in [0.25, 0.3) is 11.5 Å². The molecule has 0 bridgehead atoms. The fraction of sp³-hybridized carbons (Fsp3) is 0.111. The van der Waals surface area contributed by atoms with Crippen LogP contribution in [-0.4, -0.2) is 17.6 Å². The number of amides is 1. The first-order valence-electron chi connectivity index (χ1n) is 7.10. The minimum absolute atomic E-state index is 0.182. The third-order valence-electron chi connectivity index (χ3n) is 3.90. The van der Waals surface area contributed by atoms with E-state index in [4.69, 9.17) is 10.5 Å². The number of benzene rings is 2. The molecule has 1 amide bonds. The molecule has 3 rings (SSSR count). The molecule has 2 aromatic carbocycles. The number of aromatic nitrogens is 1. The van der Waals surface area contributed by atoms with E-state index >= 15 is 0 Å². The summed E-state index contributed by atoms with van der Waals surface area (Å²) in [6.07, 6.45) is 0. The number of carbonyl (C=O) groups is 1. The molecule has 0 atom stereocenters. The van der Waals surface area contributed by atoms with Gasteiger partial charge < -0.3 is 15.0 Å². The van der Waals surface area contributed by atoms with Crippen LogP contribution in [0.4, 0.5) is 0 Å². The number of primary amides is 1. The molecule has 1 heterocycles. The molecule has 0 radical (unpaired) electrons. The van der Waals surface area contributed by atoms with E-state index in [-0.39, 0.29) is 11.3 Å². The van der Waals surface area contributed by atoms with Gasteiger partial charge in [-0.3, -0.25) is 9.59 Å². The van der Waals surface area contributed by atoms with Crippen LogP contribution >= 0.6 is 0 Å². The average molecular weight is 308 g/mol. The number of fused-ring (bicyclic) bond motifs is 1. The number of ether oxygens (including phenoxy) is 1. The van der Waals surface area contributed by atoms with Gasteiger partial charge in [-0.1, -0.05) is 30.3 Å². The molecule has 0 saturated carbocycles. The Morgan fingerprint density at radius 1 is 1.09 bits per heavy atom. The van der Waals surface area contributed by atoms with Gasteiger partial charge in [-0.2, -0.15) is 0 Å². The first-order chi connectivity index (χ1) is 11.0. The van der Waals surface area contributed by atoms with Gasteiger partial charge >= 0.3 is 0 Å². The molecule has 0 spiro atoms. The summed E-state index contributed by atoms with van der Waals surface area (Å²) >= 11 is 0. The molecule has 0 aliphatic carbocycles. The summed E-state index contributed by atoms with van der Waals surface area (Å²) in [5.74, 6) is -0.0356. The summed E-state index contributed by atoms with van der Waals surface area (Å²) in [7, 11) is 3.11.